The van der Waals surface area contributed by atoms with Crippen LogP contribution in [-0.4, -0.2) is 5.78 Å². The van der Waals surface area contributed by atoms with Crippen LogP contribution in [0.4, 0.5) is 0 Å². The van der Waals surface area contributed by atoms with Crippen LogP contribution in [-0.2, 0) is 4.79 Å². The van der Waals surface area contributed by atoms with Gasteiger partial charge in [-0.2, -0.15) is 0 Å². The third-order valence-corrected chi connectivity index (χ3v) is 6.56. The molecule has 22 heavy (non-hydrogen) atoms. The standard InChI is InChI=1S/C21H38O/c1-5-7-17-11-9-15(3)13-19(17)21(22)20-14-16(4)10-12-18(20)8-6-2/h15-20H,5-14H2,1-4H3. The van der Waals surface area contributed by atoms with Gasteiger partial charge in [-0.15, -0.1) is 0 Å². The zero-order valence-electron chi connectivity index (χ0n) is 15.4. The first kappa shape index (κ1) is 18.0. The zero-order chi connectivity index (χ0) is 16.1. The van der Waals surface area contributed by atoms with Crippen LogP contribution in [0.25, 0.3) is 0 Å². The largest absolute Gasteiger partial charge is 0.299 e. The maximum Gasteiger partial charge on any atom is 0.139 e. The van der Waals surface area contributed by atoms with Gasteiger partial charge in [0.15, 0.2) is 0 Å². The fraction of sp³-hybridized carbons (Fsp3) is 0.952. The Morgan fingerprint density at radius 2 is 1.18 bits per heavy atom. The summed E-state index contributed by atoms with van der Waals surface area (Å²) in [6, 6.07) is 0. The minimum atomic E-state index is 0.387. The van der Waals surface area contributed by atoms with Gasteiger partial charge in [0, 0.05) is 11.8 Å². The van der Waals surface area contributed by atoms with Crippen molar-refractivity contribution in [3.8, 4) is 0 Å². The van der Waals surface area contributed by atoms with Crippen LogP contribution in [0.1, 0.15) is 91.9 Å². The third-order valence-electron chi connectivity index (χ3n) is 6.56. The lowest BCUT2D eigenvalue weighted by Gasteiger charge is -2.40. The van der Waals surface area contributed by atoms with Crippen LogP contribution in [0.3, 0.4) is 0 Å². The van der Waals surface area contributed by atoms with Gasteiger partial charge >= 0.3 is 0 Å². The molecule has 2 rings (SSSR count). The molecule has 2 aliphatic carbocycles. The van der Waals surface area contributed by atoms with E-state index >= 15 is 0 Å². The topological polar surface area (TPSA) is 17.1 Å². The van der Waals surface area contributed by atoms with Gasteiger partial charge in [-0.3, -0.25) is 4.79 Å². The minimum Gasteiger partial charge on any atom is -0.299 e. The smallest absolute Gasteiger partial charge is 0.139 e. The van der Waals surface area contributed by atoms with Gasteiger partial charge < -0.3 is 0 Å². The maximum atomic E-state index is 13.4. The molecular formula is C21H38O. The molecule has 0 spiro atoms. The van der Waals surface area contributed by atoms with Crippen LogP contribution in [0.2, 0.25) is 0 Å². The number of rotatable bonds is 6. The highest BCUT2D eigenvalue weighted by molar-refractivity contribution is 5.84. The molecule has 0 radical (unpaired) electrons. The molecule has 2 saturated carbocycles. The minimum absolute atomic E-state index is 0.387. The molecule has 2 fully saturated rings. The second kappa shape index (κ2) is 8.50. The van der Waals surface area contributed by atoms with Gasteiger partial charge in [0.1, 0.15) is 5.78 Å². The SMILES string of the molecule is CCCC1CCC(C)CC1C(=O)C1CC(C)CCC1CCC. The van der Waals surface area contributed by atoms with Crippen LogP contribution >= 0.6 is 0 Å². The van der Waals surface area contributed by atoms with Gasteiger partial charge in [-0.1, -0.05) is 66.2 Å². The van der Waals surface area contributed by atoms with E-state index in [1.807, 2.05) is 0 Å². The van der Waals surface area contributed by atoms with Crippen molar-refractivity contribution >= 4 is 5.78 Å². The van der Waals surface area contributed by atoms with Crippen molar-refractivity contribution in [2.45, 2.75) is 91.9 Å². The lowest BCUT2D eigenvalue weighted by Crippen LogP contribution is -2.39. The molecule has 1 nitrogen and oxygen atoms in total. The van der Waals surface area contributed by atoms with Crippen LogP contribution in [0, 0.1) is 35.5 Å². The van der Waals surface area contributed by atoms with E-state index in [1.54, 1.807) is 0 Å². The summed E-state index contributed by atoms with van der Waals surface area (Å²) in [5.74, 6) is 4.34. The molecule has 6 atom stereocenters. The molecule has 0 saturated heterocycles. The average Bonchev–Trinajstić information content (AvgIpc) is 2.50. The summed E-state index contributed by atoms with van der Waals surface area (Å²) in [5, 5.41) is 0. The number of hydrogen-bond donors (Lipinski definition) is 0. The summed E-state index contributed by atoms with van der Waals surface area (Å²) in [6.07, 6.45) is 12.6. The van der Waals surface area contributed by atoms with Gasteiger partial charge in [-0.25, -0.2) is 0 Å². The monoisotopic (exact) mass is 306 g/mol. The van der Waals surface area contributed by atoms with Crippen molar-refractivity contribution in [2.24, 2.45) is 35.5 Å². The second-order valence-electron chi connectivity index (χ2n) is 8.55. The molecule has 0 aromatic carbocycles. The number of carbonyl (C=O) groups is 1. The van der Waals surface area contributed by atoms with E-state index in [9.17, 15) is 4.79 Å². The normalized spacial score (nSPS) is 39.6. The maximum absolute atomic E-state index is 13.4. The Balaban J connectivity index is 2.10. The van der Waals surface area contributed by atoms with Crippen molar-refractivity contribution in [3.63, 3.8) is 0 Å². The summed E-state index contributed by atoms with van der Waals surface area (Å²) >= 11 is 0. The first-order valence-corrected chi connectivity index (χ1v) is 10.1. The first-order valence-electron chi connectivity index (χ1n) is 10.1. The molecule has 0 aliphatic heterocycles. The number of ketones is 1. The van der Waals surface area contributed by atoms with E-state index in [2.05, 4.69) is 27.7 Å². The highest BCUT2D eigenvalue weighted by atomic mass is 16.1. The molecule has 0 bridgehead atoms. The van der Waals surface area contributed by atoms with Crippen molar-refractivity contribution in [1.82, 2.24) is 0 Å². The van der Waals surface area contributed by atoms with Crippen molar-refractivity contribution in [1.29, 1.82) is 0 Å². The Kier molecular flexibility index (Phi) is 6.96. The van der Waals surface area contributed by atoms with E-state index in [0.29, 0.717) is 29.5 Å². The molecule has 0 heterocycles. The molecule has 1 heteroatoms. The Morgan fingerprint density at radius 3 is 1.55 bits per heavy atom. The van der Waals surface area contributed by atoms with Crippen molar-refractivity contribution in [2.75, 3.05) is 0 Å². The lowest BCUT2D eigenvalue weighted by molar-refractivity contribution is -0.134. The Bertz CT molecular complexity index is 316. The molecule has 0 aromatic heterocycles. The number of hydrogen-bond acceptors (Lipinski definition) is 1. The van der Waals surface area contributed by atoms with E-state index in [1.165, 1.54) is 64.2 Å². The summed E-state index contributed by atoms with van der Waals surface area (Å²) < 4.78 is 0. The molecule has 0 aromatic rings. The van der Waals surface area contributed by atoms with Gasteiger partial charge in [0.25, 0.3) is 0 Å². The Labute approximate surface area is 138 Å². The van der Waals surface area contributed by atoms with E-state index < -0.39 is 0 Å². The number of carbonyl (C=O) groups excluding carboxylic acids is 1. The number of Topliss-reactive ketones (excluding diaryl/α,β-unsaturated/α-hetero) is 1. The highest BCUT2D eigenvalue weighted by Crippen LogP contribution is 2.43. The molecule has 128 valence electrons. The van der Waals surface area contributed by atoms with Crippen molar-refractivity contribution < 1.29 is 4.79 Å². The van der Waals surface area contributed by atoms with Gasteiger partial charge in [0.05, 0.1) is 0 Å². The molecule has 0 amide bonds. The predicted molar refractivity (Wildman–Crippen MR) is 94.8 cm³/mol. The summed E-state index contributed by atoms with van der Waals surface area (Å²) in [4.78, 5) is 13.4. The van der Waals surface area contributed by atoms with Gasteiger partial charge in [-0.05, 0) is 49.4 Å². The first-order chi connectivity index (χ1) is 10.6. The zero-order valence-corrected chi connectivity index (χ0v) is 15.4. The van der Waals surface area contributed by atoms with Gasteiger partial charge in [0.2, 0.25) is 0 Å². The van der Waals surface area contributed by atoms with Crippen LogP contribution in [0.5, 0.6) is 0 Å². The third kappa shape index (κ3) is 4.36. The van der Waals surface area contributed by atoms with Crippen LogP contribution < -0.4 is 0 Å². The summed E-state index contributed by atoms with van der Waals surface area (Å²) in [5.41, 5.74) is 0. The fourth-order valence-corrected chi connectivity index (χ4v) is 5.29. The summed E-state index contributed by atoms with van der Waals surface area (Å²) in [7, 11) is 0. The second-order valence-corrected chi connectivity index (χ2v) is 8.55. The lowest BCUT2D eigenvalue weighted by atomic mass is 9.63. The molecule has 2 aliphatic rings. The molecule has 0 N–H and O–H groups in total. The Morgan fingerprint density at radius 1 is 0.773 bits per heavy atom. The van der Waals surface area contributed by atoms with E-state index in [0.717, 1.165) is 11.8 Å². The average molecular weight is 307 g/mol. The van der Waals surface area contributed by atoms with E-state index in [-0.39, 0.29) is 0 Å². The molecule has 6 unspecified atom stereocenters. The fourth-order valence-electron chi connectivity index (χ4n) is 5.29. The van der Waals surface area contributed by atoms with Crippen molar-refractivity contribution in [3.05, 3.63) is 0 Å². The highest BCUT2D eigenvalue weighted by Gasteiger charge is 2.40. The molecular weight excluding hydrogens is 268 g/mol. The summed E-state index contributed by atoms with van der Waals surface area (Å²) in [6.45, 7) is 9.27. The van der Waals surface area contributed by atoms with E-state index in [4.69, 9.17) is 0 Å². The van der Waals surface area contributed by atoms with Crippen LogP contribution in [0.15, 0.2) is 0 Å². The quantitative estimate of drug-likeness (QED) is 0.566. The Hall–Kier alpha value is -0.330. The predicted octanol–water partition coefficient (Wildman–Crippen LogP) is 6.26.